The molecule has 0 amide bonds. The second-order valence-electron chi connectivity index (χ2n) is 9.40. The van der Waals surface area contributed by atoms with Crippen LogP contribution < -0.4 is 15.4 Å². The summed E-state index contributed by atoms with van der Waals surface area (Å²) >= 11 is 0. The van der Waals surface area contributed by atoms with Gasteiger partial charge in [-0.15, -0.1) is 0 Å². The first-order chi connectivity index (χ1) is 18.2. The molecule has 0 radical (unpaired) electrons. The Labute approximate surface area is 216 Å². The first kappa shape index (κ1) is 23.0. The Hall–Kier alpha value is -4.39. The van der Waals surface area contributed by atoms with Gasteiger partial charge in [-0.1, -0.05) is 54.6 Å². The van der Waals surface area contributed by atoms with Crippen LogP contribution in [0.5, 0.6) is 5.75 Å². The molecular formula is C30H29N5O2. The second kappa shape index (κ2) is 9.93. The molecule has 1 aliphatic carbocycles. The molecule has 37 heavy (non-hydrogen) atoms. The number of carbonyl (C=O) groups excluding carboxylic acids is 1. The van der Waals surface area contributed by atoms with Gasteiger partial charge in [0.1, 0.15) is 35.2 Å². The predicted octanol–water partition coefficient (Wildman–Crippen LogP) is 6.20. The Kier molecular flexibility index (Phi) is 6.18. The molecule has 6 rings (SSSR count). The number of nitrogens with one attached hydrogen (secondary N) is 2. The molecule has 1 aliphatic heterocycles. The fourth-order valence-corrected chi connectivity index (χ4v) is 5.26. The van der Waals surface area contributed by atoms with Crippen LogP contribution in [-0.4, -0.2) is 33.9 Å². The zero-order valence-electron chi connectivity index (χ0n) is 20.7. The summed E-state index contributed by atoms with van der Waals surface area (Å²) in [5, 5.41) is 12.1. The van der Waals surface area contributed by atoms with E-state index in [1.165, 1.54) is 12.0 Å². The van der Waals surface area contributed by atoms with Gasteiger partial charge in [0.25, 0.3) is 5.91 Å². The fourth-order valence-electron chi connectivity index (χ4n) is 5.26. The average molecular weight is 492 g/mol. The average Bonchev–Trinajstić information content (AvgIpc) is 3.35. The van der Waals surface area contributed by atoms with Crippen molar-refractivity contribution >= 4 is 23.1 Å². The number of methoxy groups -OCH3 is 1. The lowest BCUT2D eigenvalue weighted by Gasteiger charge is -2.34. The van der Waals surface area contributed by atoms with E-state index in [1.807, 2.05) is 60.7 Å². The van der Waals surface area contributed by atoms with E-state index >= 15 is 0 Å². The number of carbonyl (C=O) groups is 1. The fraction of sp³-hybridized carbons (Fsp3) is 0.233. The normalized spacial score (nSPS) is 18.9. The van der Waals surface area contributed by atoms with E-state index in [1.54, 1.807) is 18.0 Å². The quantitative estimate of drug-likeness (QED) is 0.334. The summed E-state index contributed by atoms with van der Waals surface area (Å²) in [4.78, 5) is 18.7. The molecular weight excluding hydrogens is 462 g/mol. The van der Waals surface area contributed by atoms with Crippen LogP contribution in [0.2, 0.25) is 0 Å². The number of hydrogen-bond donors (Lipinski definition) is 2. The number of aromatic nitrogens is 3. The molecule has 7 heteroatoms. The maximum atomic E-state index is 14.2. The third-order valence-corrected chi connectivity index (χ3v) is 7.09. The van der Waals surface area contributed by atoms with Gasteiger partial charge in [0.15, 0.2) is 0 Å². The number of allylic oxidation sites excluding steroid dienone is 2. The van der Waals surface area contributed by atoms with E-state index in [-0.39, 0.29) is 5.91 Å². The Morgan fingerprint density at radius 3 is 2.51 bits per heavy atom. The van der Waals surface area contributed by atoms with Gasteiger partial charge in [-0.2, -0.15) is 9.78 Å². The first-order valence-electron chi connectivity index (χ1n) is 12.7. The number of anilines is 2. The Morgan fingerprint density at radius 2 is 1.81 bits per heavy atom. The van der Waals surface area contributed by atoms with E-state index in [4.69, 9.17) is 9.84 Å². The summed E-state index contributed by atoms with van der Waals surface area (Å²) < 4.78 is 6.92. The van der Waals surface area contributed by atoms with Gasteiger partial charge in [-0.3, -0.25) is 4.79 Å². The lowest BCUT2D eigenvalue weighted by Crippen LogP contribution is -2.46. The molecule has 2 atom stereocenters. The van der Waals surface area contributed by atoms with Crippen LogP contribution in [0.4, 0.5) is 11.6 Å². The highest BCUT2D eigenvalue weighted by atomic mass is 16.5. The molecule has 2 aromatic carbocycles. The molecule has 2 aromatic heterocycles. The lowest BCUT2D eigenvalue weighted by molar-refractivity contribution is 0.0846. The molecule has 0 saturated heterocycles. The highest BCUT2D eigenvalue weighted by molar-refractivity contribution is 5.97. The number of hydrogen-bond acceptors (Lipinski definition) is 6. The van der Waals surface area contributed by atoms with Crippen LogP contribution in [0.25, 0.3) is 16.8 Å². The molecule has 186 valence electrons. The van der Waals surface area contributed by atoms with E-state index in [0.29, 0.717) is 5.82 Å². The van der Waals surface area contributed by atoms with Crippen molar-refractivity contribution in [2.24, 2.45) is 0 Å². The topological polar surface area (TPSA) is 81.1 Å². The third kappa shape index (κ3) is 4.37. The van der Waals surface area contributed by atoms with Crippen molar-refractivity contribution in [3.8, 4) is 17.0 Å². The van der Waals surface area contributed by atoms with Gasteiger partial charge in [0.05, 0.1) is 7.11 Å². The Bertz CT molecular complexity index is 1430. The molecule has 2 N–H and O–H groups in total. The van der Waals surface area contributed by atoms with Gasteiger partial charge in [-0.05, 0) is 61.1 Å². The van der Waals surface area contributed by atoms with Crippen LogP contribution in [0.3, 0.4) is 0 Å². The van der Waals surface area contributed by atoms with Crippen molar-refractivity contribution < 1.29 is 9.53 Å². The van der Waals surface area contributed by atoms with Gasteiger partial charge in [0, 0.05) is 17.3 Å². The Balaban J connectivity index is 1.50. The van der Waals surface area contributed by atoms with E-state index in [2.05, 4.69) is 33.8 Å². The van der Waals surface area contributed by atoms with Gasteiger partial charge in [0.2, 0.25) is 0 Å². The van der Waals surface area contributed by atoms with Gasteiger partial charge in [-0.25, -0.2) is 4.98 Å². The van der Waals surface area contributed by atoms with E-state index in [9.17, 15) is 4.79 Å². The van der Waals surface area contributed by atoms with E-state index in [0.717, 1.165) is 53.2 Å². The number of ether oxygens (including phenoxy) is 1. The SMILES string of the molecule is COc1ccc(C2C(=O)n3nc(-c4ccccc4)c(C4=CCCCC4)c3NC2Nc2ccccn2)cc1. The van der Waals surface area contributed by atoms with Crippen LogP contribution in [0.1, 0.15) is 47.5 Å². The summed E-state index contributed by atoms with van der Waals surface area (Å²) in [6.45, 7) is 0. The summed E-state index contributed by atoms with van der Waals surface area (Å²) in [6, 6.07) is 23.5. The minimum Gasteiger partial charge on any atom is -0.497 e. The lowest BCUT2D eigenvalue weighted by atomic mass is 9.90. The number of rotatable bonds is 6. The summed E-state index contributed by atoms with van der Waals surface area (Å²) in [5.41, 5.74) is 4.95. The first-order valence-corrected chi connectivity index (χ1v) is 12.7. The summed E-state index contributed by atoms with van der Waals surface area (Å²) in [5.74, 6) is 1.55. The molecule has 3 heterocycles. The van der Waals surface area contributed by atoms with Crippen molar-refractivity contribution in [2.45, 2.75) is 37.8 Å². The highest BCUT2D eigenvalue weighted by Crippen LogP contribution is 2.42. The zero-order valence-corrected chi connectivity index (χ0v) is 20.7. The van der Waals surface area contributed by atoms with Crippen LogP contribution in [-0.2, 0) is 0 Å². The van der Waals surface area contributed by atoms with Crippen molar-refractivity contribution in [2.75, 3.05) is 17.7 Å². The zero-order chi connectivity index (χ0) is 25.2. The monoisotopic (exact) mass is 491 g/mol. The van der Waals surface area contributed by atoms with Gasteiger partial charge >= 0.3 is 0 Å². The number of fused-ring (bicyclic) bond motifs is 1. The third-order valence-electron chi connectivity index (χ3n) is 7.09. The van der Waals surface area contributed by atoms with Crippen molar-refractivity contribution in [3.05, 3.63) is 96.2 Å². The molecule has 0 spiro atoms. The largest absolute Gasteiger partial charge is 0.497 e. The summed E-state index contributed by atoms with van der Waals surface area (Å²) in [7, 11) is 1.64. The van der Waals surface area contributed by atoms with Crippen molar-refractivity contribution in [1.29, 1.82) is 0 Å². The molecule has 0 bridgehead atoms. The second-order valence-corrected chi connectivity index (χ2v) is 9.40. The van der Waals surface area contributed by atoms with Crippen LogP contribution >= 0.6 is 0 Å². The van der Waals surface area contributed by atoms with Crippen molar-refractivity contribution in [3.63, 3.8) is 0 Å². The van der Waals surface area contributed by atoms with E-state index < -0.39 is 12.1 Å². The number of pyridine rings is 1. The molecule has 0 saturated carbocycles. The number of nitrogens with zero attached hydrogens (tertiary/aromatic N) is 3. The van der Waals surface area contributed by atoms with Crippen LogP contribution in [0, 0.1) is 0 Å². The number of benzene rings is 2. The molecule has 7 nitrogen and oxygen atoms in total. The minimum absolute atomic E-state index is 0.0906. The minimum atomic E-state index is -0.530. The maximum absolute atomic E-state index is 14.2. The molecule has 0 fully saturated rings. The van der Waals surface area contributed by atoms with Crippen LogP contribution in [0.15, 0.2) is 85.1 Å². The maximum Gasteiger partial charge on any atom is 0.260 e. The Morgan fingerprint density at radius 1 is 1.00 bits per heavy atom. The molecule has 4 aromatic rings. The standard InChI is InChI=1S/C30H29N5O2/c1-37-23-17-15-21(16-18-23)26-28(32-24-14-8-9-19-31-24)33-29-25(20-10-4-2-5-11-20)27(34-35(29)30(26)36)22-12-6-3-7-13-22/h3,6-10,12-19,26,28,33H,2,4-5,11H2,1H3,(H,31,32). The molecule has 2 unspecified atom stereocenters. The summed E-state index contributed by atoms with van der Waals surface area (Å²) in [6.07, 6.45) is 7.93. The smallest absolute Gasteiger partial charge is 0.260 e. The van der Waals surface area contributed by atoms with Gasteiger partial charge < -0.3 is 15.4 Å². The molecule has 2 aliphatic rings. The van der Waals surface area contributed by atoms with Crippen molar-refractivity contribution in [1.82, 2.24) is 14.8 Å². The highest BCUT2D eigenvalue weighted by Gasteiger charge is 2.40. The predicted molar refractivity (Wildman–Crippen MR) is 146 cm³/mol.